The molecule has 8 heteroatoms. The SMILES string of the molecule is Cn1c(-c2ccc(NC(=O)CCc3nc(-c4cccnc4)no3)cc2)nc2ccccc21. The van der Waals surface area contributed by atoms with Crippen molar-refractivity contribution in [2.45, 2.75) is 12.8 Å². The third-order valence-corrected chi connectivity index (χ3v) is 5.17. The summed E-state index contributed by atoms with van der Waals surface area (Å²) in [6.45, 7) is 0. The number of imidazole rings is 1. The Bertz CT molecular complexity index is 1370. The third-order valence-electron chi connectivity index (χ3n) is 5.17. The van der Waals surface area contributed by atoms with E-state index in [0.717, 1.165) is 33.7 Å². The quantitative estimate of drug-likeness (QED) is 0.437. The number of aryl methyl sites for hydroxylation is 2. The van der Waals surface area contributed by atoms with Crippen LogP contribution in [0.25, 0.3) is 33.8 Å². The third kappa shape index (κ3) is 3.98. The lowest BCUT2D eigenvalue weighted by Crippen LogP contribution is -2.12. The van der Waals surface area contributed by atoms with Crippen molar-refractivity contribution >= 4 is 22.6 Å². The molecule has 0 spiro atoms. The van der Waals surface area contributed by atoms with Crippen LogP contribution in [0.2, 0.25) is 0 Å². The Morgan fingerprint density at radius 3 is 2.62 bits per heavy atom. The Labute approximate surface area is 183 Å². The van der Waals surface area contributed by atoms with Gasteiger partial charge in [0.05, 0.1) is 11.0 Å². The highest BCUT2D eigenvalue weighted by Crippen LogP contribution is 2.25. The number of anilines is 1. The summed E-state index contributed by atoms with van der Waals surface area (Å²) >= 11 is 0. The fourth-order valence-corrected chi connectivity index (χ4v) is 3.52. The highest BCUT2D eigenvalue weighted by Gasteiger charge is 2.12. The molecule has 1 amide bonds. The molecule has 0 fully saturated rings. The van der Waals surface area contributed by atoms with Gasteiger partial charge in [-0.05, 0) is 48.5 Å². The molecule has 32 heavy (non-hydrogen) atoms. The predicted octanol–water partition coefficient (Wildman–Crippen LogP) is 4.26. The van der Waals surface area contributed by atoms with E-state index in [1.54, 1.807) is 18.5 Å². The van der Waals surface area contributed by atoms with E-state index >= 15 is 0 Å². The van der Waals surface area contributed by atoms with Crippen molar-refractivity contribution in [3.63, 3.8) is 0 Å². The van der Waals surface area contributed by atoms with E-state index in [-0.39, 0.29) is 12.3 Å². The van der Waals surface area contributed by atoms with E-state index in [2.05, 4.69) is 25.0 Å². The number of nitrogens with zero attached hydrogens (tertiary/aromatic N) is 5. The average molecular weight is 424 g/mol. The van der Waals surface area contributed by atoms with E-state index in [4.69, 9.17) is 9.51 Å². The number of carbonyl (C=O) groups excluding carboxylic acids is 1. The second-order valence-electron chi connectivity index (χ2n) is 7.36. The number of hydrogen-bond acceptors (Lipinski definition) is 6. The molecule has 2 aromatic carbocycles. The molecule has 0 aliphatic carbocycles. The lowest BCUT2D eigenvalue weighted by atomic mass is 10.2. The first-order valence-electron chi connectivity index (χ1n) is 10.2. The maximum Gasteiger partial charge on any atom is 0.227 e. The summed E-state index contributed by atoms with van der Waals surface area (Å²) in [5.41, 5.74) is 4.50. The number of carbonyl (C=O) groups is 1. The zero-order valence-electron chi connectivity index (χ0n) is 17.4. The Kier molecular flexibility index (Phi) is 5.17. The van der Waals surface area contributed by atoms with Crippen LogP contribution in [0.1, 0.15) is 12.3 Å². The van der Waals surface area contributed by atoms with Crippen LogP contribution >= 0.6 is 0 Å². The van der Waals surface area contributed by atoms with Gasteiger partial charge in [-0.15, -0.1) is 0 Å². The molecule has 0 saturated carbocycles. The normalized spacial score (nSPS) is 11.0. The molecule has 3 heterocycles. The molecule has 3 aromatic heterocycles. The van der Waals surface area contributed by atoms with Crippen molar-refractivity contribution in [3.8, 4) is 22.8 Å². The summed E-state index contributed by atoms with van der Waals surface area (Å²) in [6.07, 6.45) is 3.94. The van der Waals surface area contributed by atoms with Crippen LogP contribution in [-0.4, -0.2) is 30.6 Å². The number of fused-ring (bicyclic) bond motifs is 1. The zero-order valence-corrected chi connectivity index (χ0v) is 17.4. The van der Waals surface area contributed by atoms with Crippen LogP contribution in [0.4, 0.5) is 5.69 Å². The standard InChI is InChI=1S/C24H20N6O2/c1-30-20-7-3-2-6-19(20)27-24(30)16-8-10-18(11-9-16)26-21(31)12-13-22-28-23(29-32-22)17-5-4-14-25-15-17/h2-11,14-15H,12-13H2,1H3,(H,26,31). The molecule has 0 saturated heterocycles. The number of aromatic nitrogens is 5. The summed E-state index contributed by atoms with van der Waals surface area (Å²) in [7, 11) is 2.00. The molecule has 0 aliphatic heterocycles. The molecule has 0 unspecified atom stereocenters. The minimum atomic E-state index is -0.124. The van der Waals surface area contributed by atoms with E-state index in [0.29, 0.717) is 18.1 Å². The highest BCUT2D eigenvalue weighted by atomic mass is 16.5. The van der Waals surface area contributed by atoms with E-state index in [9.17, 15) is 4.79 Å². The van der Waals surface area contributed by atoms with Gasteiger partial charge in [-0.3, -0.25) is 9.78 Å². The van der Waals surface area contributed by atoms with Gasteiger partial charge in [-0.2, -0.15) is 4.98 Å². The van der Waals surface area contributed by atoms with Crippen LogP contribution in [0.15, 0.2) is 77.6 Å². The van der Waals surface area contributed by atoms with Crippen LogP contribution in [0.3, 0.4) is 0 Å². The largest absolute Gasteiger partial charge is 0.339 e. The smallest absolute Gasteiger partial charge is 0.227 e. The van der Waals surface area contributed by atoms with Crippen LogP contribution in [0, 0.1) is 0 Å². The van der Waals surface area contributed by atoms with Gasteiger partial charge in [0.25, 0.3) is 0 Å². The lowest BCUT2D eigenvalue weighted by molar-refractivity contribution is -0.116. The van der Waals surface area contributed by atoms with Crippen molar-refractivity contribution in [2.24, 2.45) is 7.05 Å². The Morgan fingerprint density at radius 1 is 1.00 bits per heavy atom. The van der Waals surface area contributed by atoms with Crippen molar-refractivity contribution in [2.75, 3.05) is 5.32 Å². The monoisotopic (exact) mass is 424 g/mol. The van der Waals surface area contributed by atoms with Gasteiger partial charge >= 0.3 is 0 Å². The topological polar surface area (TPSA) is 98.7 Å². The second kappa shape index (κ2) is 8.43. The van der Waals surface area contributed by atoms with Crippen molar-refractivity contribution in [3.05, 3.63) is 78.9 Å². The van der Waals surface area contributed by atoms with Gasteiger partial charge in [0.15, 0.2) is 0 Å². The van der Waals surface area contributed by atoms with Gasteiger partial charge in [0, 0.05) is 49.1 Å². The molecule has 0 atom stereocenters. The molecule has 5 aromatic rings. The van der Waals surface area contributed by atoms with E-state index < -0.39 is 0 Å². The molecule has 8 nitrogen and oxygen atoms in total. The maximum absolute atomic E-state index is 12.4. The minimum Gasteiger partial charge on any atom is -0.339 e. The van der Waals surface area contributed by atoms with Gasteiger partial charge < -0.3 is 14.4 Å². The summed E-state index contributed by atoms with van der Waals surface area (Å²) in [4.78, 5) is 25.4. The highest BCUT2D eigenvalue weighted by molar-refractivity contribution is 5.91. The predicted molar refractivity (Wildman–Crippen MR) is 121 cm³/mol. The van der Waals surface area contributed by atoms with Crippen molar-refractivity contribution in [1.29, 1.82) is 0 Å². The van der Waals surface area contributed by atoms with Crippen molar-refractivity contribution in [1.82, 2.24) is 24.7 Å². The summed E-state index contributed by atoms with van der Waals surface area (Å²) in [5, 5.41) is 6.85. The first kappa shape index (κ1) is 19.6. The number of nitrogens with one attached hydrogen (secondary N) is 1. The number of hydrogen-bond donors (Lipinski definition) is 1. The Hall–Kier alpha value is -4.33. The molecule has 158 valence electrons. The maximum atomic E-state index is 12.4. The number of rotatable bonds is 6. The molecule has 0 aliphatic rings. The van der Waals surface area contributed by atoms with Gasteiger partial charge in [0.1, 0.15) is 5.82 Å². The first-order chi connectivity index (χ1) is 15.7. The zero-order chi connectivity index (χ0) is 21.9. The summed E-state index contributed by atoms with van der Waals surface area (Å²) < 4.78 is 7.30. The molecule has 0 bridgehead atoms. The lowest BCUT2D eigenvalue weighted by Gasteiger charge is -2.06. The van der Waals surface area contributed by atoms with Crippen LogP contribution < -0.4 is 5.32 Å². The second-order valence-corrected chi connectivity index (χ2v) is 7.36. The van der Waals surface area contributed by atoms with Gasteiger partial charge in [-0.25, -0.2) is 4.98 Å². The first-order valence-corrected chi connectivity index (χ1v) is 10.2. The summed E-state index contributed by atoms with van der Waals surface area (Å²) in [6, 6.07) is 19.3. The number of para-hydroxylation sites is 2. The van der Waals surface area contributed by atoms with Gasteiger partial charge in [0.2, 0.25) is 17.6 Å². The van der Waals surface area contributed by atoms with E-state index in [1.165, 1.54) is 0 Å². The van der Waals surface area contributed by atoms with Crippen LogP contribution in [-0.2, 0) is 18.3 Å². The van der Waals surface area contributed by atoms with Gasteiger partial charge in [-0.1, -0.05) is 17.3 Å². The molecule has 0 radical (unpaired) electrons. The molecule has 5 rings (SSSR count). The fraction of sp³-hybridized carbons (Fsp3) is 0.125. The minimum absolute atomic E-state index is 0.124. The van der Waals surface area contributed by atoms with E-state index in [1.807, 2.05) is 61.6 Å². The number of benzene rings is 2. The van der Waals surface area contributed by atoms with Crippen LogP contribution in [0.5, 0.6) is 0 Å². The Morgan fingerprint density at radius 2 is 1.84 bits per heavy atom. The summed E-state index contributed by atoms with van der Waals surface area (Å²) in [5.74, 6) is 1.63. The molecule has 1 N–H and O–H groups in total. The van der Waals surface area contributed by atoms with Crippen molar-refractivity contribution < 1.29 is 9.32 Å². The number of pyridine rings is 1. The fourth-order valence-electron chi connectivity index (χ4n) is 3.52. The Balaban J connectivity index is 1.21. The average Bonchev–Trinajstić information content (AvgIpc) is 3.44. The molecular formula is C24H20N6O2. The number of amides is 1. The molecular weight excluding hydrogens is 404 g/mol.